The lowest BCUT2D eigenvalue weighted by atomic mass is 10.0. The van der Waals surface area contributed by atoms with Gasteiger partial charge in [-0.15, -0.1) is 0 Å². The fourth-order valence-electron chi connectivity index (χ4n) is 4.05. The molecule has 2 aromatic heterocycles. The second-order valence-corrected chi connectivity index (χ2v) is 8.41. The third-order valence-electron chi connectivity index (χ3n) is 5.77. The molecule has 3 heterocycles. The summed E-state index contributed by atoms with van der Waals surface area (Å²) in [5.41, 5.74) is 3.03. The monoisotopic (exact) mass is 469 g/mol. The molecule has 1 saturated heterocycles. The molecule has 1 aliphatic heterocycles. The number of carbonyl (C=O) groups is 1. The van der Waals surface area contributed by atoms with Crippen LogP contribution in [0.15, 0.2) is 73.6 Å². The molecule has 0 spiro atoms. The topological polar surface area (TPSA) is 95.1 Å². The summed E-state index contributed by atoms with van der Waals surface area (Å²) in [5, 5.41) is 10.00. The predicted molar refractivity (Wildman–Crippen MR) is 136 cm³/mol. The minimum atomic E-state index is -0.507. The molecule has 2 aromatic carbocycles. The van der Waals surface area contributed by atoms with Crippen LogP contribution < -0.4 is 16.0 Å². The maximum absolute atomic E-state index is 15.1. The second kappa shape index (κ2) is 9.47. The van der Waals surface area contributed by atoms with Gasteiger partial charge in [-0.2, -0.15) is 0 Å². The number of hydrogen-bond acceptors (Lipinski definition) is 7. The van der Waals surface area contributed by atoms with Gasteiger partial charge in [-0.05, 0) is 61.7 Å². The van der Waals surface area contributed by atoms with Gasteiger partial charge < -0.3 is 20.9 Å². The summed E-state index contributed by atoms with van der Waals surface area (Å²) in [5.74, 6) is -0.607. The van der Waals surface area contributed by atoms with E-state index >= 15 is 4.39 Å². The quantitative estimate of drug-likeness (QED) is 0.345. The fourth-order valence-corrected chi connectivity index (χ4v) is 4.05. The maximum atomic E-state index is 15.1. The highest BCUT2D eigenvalue weighted by atomic mass is 19.1. The number of rotatable bonds is 7. The molecule has 1 fully saturated rings. The van der Waals surface area contributed by atoms with Gasteiger partial charge in [-0.25, -0.2) is 14.4 Å². The van der Waals surface area contributed by atoms with Gasteiger partial charge in [0, 0.05) is 42.2 Å². The average Bonchev–Trinajstić information content (AvgIpc) is 2.85. The molecular formula is C26H24FN7O. The molecule has 1 amide bonds. The summed E-state index contributed by atoms with van der Waals surface area (Å²) in [6.45, 7) is 5.52. The van der Waals surface area contributed by atoms with Crippen molar-refractivity contribution in [3.8, 4) is 11.3 Å². The lowest BCUT2D eigenvalue weighted by Crippen LogP contribution is -2.52. The molecule has 0 saturated carbocycles. The molecule has 9 heteroatoms. The maximum Gasteiger partial charge on any atom is 0.247 e. The van der Waals surface area contributed by atoms with Crippen molar-refractivity contribution in [3.63, 3.8) is 0 Å². The molecular weight excluding hydrogens is 445 g/mol. The fraction of sp³-hybridized carbons (Fsp3) is 0.154. The van der Waals surface area contributed by atoms with Gasteiger partial charge in [-0.3, -0.25) is 9.78 Å². The summed E-state index contributed by atoms with van der Waals surface area (Å²) in [6.07, 6.45) is 4.31. The summed E-state index contributed by atoms with van der Waals surface area (Å²) in [7, 11) is 2.10. The van der Waals surface area contributed by atoms with Crippen molar-refractivity contribution in [1.29, 1.82) is 0 Å². The van der Waals surface area contributed by atoms with Crippen LogP contribution in [0.5, 0.6) is 0 Å². The lowest BCUT2D eigenvalue weighted by molar-refractivity contribution is -0.111. The number of nitrogens with one attached hydrogen (secondary N) is 3. The van der Waals surface area contributed by atoms with Gasteiger partial charge in [0.05, 0.1) is 28.5 Å². The van der Waals surface area contributed by atoms with Crippen molar-refractivity contribution in [3.05, 3.63) is 79.4 Å². The van der Waals surface area contributed by atoms with Gasteiger partial charge in [0.2, 0.25) is 11.9 Å². The normalized spacial score (nSPS) is 13.8. The summed E-state index contributed by atoms with van der Waals surface area (Å²) in [6, 6.07) is 14.6. The second-order valence-electron chi connectivity index (χ2n) is 8.41. The van der Waals surface area contributed by atoms with Crippen molar-refractivity contribution >= 4 is 39.8 Å². The van der Waals surface area contributed by atoms with E-state index in [1.54, 1.807) is 24.4 Å². The summed E-state index contributed by atoms with van der Waals surface area (Å²) in [4.78, 5) is 27.5. The van der Waals surface area contributed by atoms with Gasteiger partial charge in [-0.1, -0.05) is 6.58 Å². The Morgan fingerprint density at radius 2 is 1.89 bits per heavy atom. The minimum absolute atomic E-state index is 0.179. The first-order valence-electron chi connectivity index (χ1n) is 11.2. The largest absolute Gasteiger partial charge is 0.380 e. The van der Waals surface area contributed by atoms with Crippen molar-refractivity contribution in [2.24, 2.45) is 0 Å². The number of carbonyl (C=O) groups excluding carboxylic acids is 1. The van der Waals surface area contributed by atoms with E-state index in [2.05, 4.69) is 49.4 Å². The third-order valence-corrected chi connectivity index (χ3v) is 5.77. The Hall–Kier alpha value is -4.37. The minimum Gasteiger partial charge on any atom is -0.380 e. The third kappa shape index (κ3) is 4.80. The van der Waals surface area contributed by atoms with Gasteiger partial charge >= 0.3 is 0 Å². The number of benzene rings is 2. The first-order chi connectivity index (χ1) is 17.0. The highest BCUT2D eigenvalue weighted by Crippen LogP contribution is 2.34. The number of anilines is 4. The van der Waals surface area contributed by atoms with Gasteiger partial charge in [0.1, 0.15) is 5.82 Å². The molecule has 176 valence electrons. The molecule has 0 bridgehead atoms. The summed E-state index contributed by atoms with van der Waals surface area (Å²) >= 11 is 0. The predicted octanol–water partition coefficient (Wildman–Crippen LogP) is 4.42. The highest BCUT2D eigenvalue weighted by molar-refractivity contribution is 6.03. The van der Waals surface area contributed by atoms with Crippen molar-refractivity contribution in [1.82, 2.24) is 19.9 Å². The van der Waals surface area contributed by atoms with E-state index in [1.807, 2.05) is 24.3 Å². The van der Waals surface area contributed by atoms with Gasteiger partial charge in [0.15, 0.2) is 0 Å². The molecule has 35 heavy (non-hydrogen) atoms. The van der Waals surface area contributed by atoms with E-state index in [0.717, 1.165) is 30.5 Å². The summed E-state index contributed by atoms with van der Waals surface area (Å²) < 4.78 is 15.1. The van der Waals surface area contributed by atoms with Crippen LogP contribution in [0.3, 0.4) is 0 Å². The van der Waals surface area contributed by atoms with Crippen LogP contribution in [-0.4, -0.2) is 51.9 Å². The molecule has 5 rings (SSSR count). The number of likely N-dealkylation sites (N-methyl/N-ethyl adjacent to an activating group) is 1. The van der Waals surface area contributed by atoms with Crippen molar-refractivity contribution in [2.75, 3.05) is 36.1 Å². The lowest BCUT2D eigenvalue weighted by Gasteiger charge is -2.37. The Morgan fingerprint density at radius 1 is 1.11 bits per heavy atom. The number of likely N-dealkylation sites (tertiary alicyclic amines) is 1. The van der Waals surface area contributed by atoms with Crippen LogP contribution in [0, 0.1) is 5.82 Å². The Balaban J connectivity index is 1.45. The number of halogens is 1. The number of aromatic nitrogens is 3. The van der Waals surface area contributed by atoms with Crippen LogP contribution in [0.1, 0.15) is 0 Å². The zero-order chi connectivity index (χ0) is 24.4. The van der Waals surface area contributed by atoms with E-state index in [0.29, 0.717) is 28.6 Å². The van der Waals surface area contributed by atoms with E-state index in [-0.39, 0.29) is 11.3 Å². The zero-order valence-corrected chi connectivity index (χ0v) is 19.1. The first kappa shape index (κ1) is 22.4. The standard InChI is InChI=1S/C26H24FN7O/c1-3-22(35)32-21-5-4-12-28-25(21)23-20(27)11-6-16-13-29-26(33-24(16)23)31-18-9-7-17(8-10-18)30-19-14-34(2)15-19/h3-13,19,30H,1,14-15H2,2H3,(H,32,35)(H,29,31,33). The van der Waals surface area contributed by atoms with E-state index in [1.165, 1.54) is 12.3 Å². The van der Waals surface area contributed by atoms with E-state index in [4.69, 9.17) is 0 Å². The van der Waals surface area contributed by atoms with Crippen LogP contribution in [0.4, 0.5) is 27.4 Å². The van der Waals surface area contributed by atoms with Crippen molar-refractivity contribution in [2.45, 2.75) is 6.04 Å². The first-order valence-corrected chi connectivity index (χ1v) is 11.2. The van der Waals surface area contributed by atoms with Crippen LogP contribution in [0.2, 0.25) is 0 Å². The smallest absolute Gasteiger partial charge is 0.247 e. The molecule has 4 aromatic rings. The zero-order valence-electron chi connectivity index (χ0n) is 19.1. The highest BCUT2D eigenvalue weighted by Gasteiger charge is 2.22. The number of nitrogens with zero attached hydrogens (tertiary/aromatic N) is 4. The van der Waals surface area contributed by atoms with Gasteiger partial charge in [0.25, 0.3) is 0 Å². The molecule has 0 unspecified atom stereocenters. The average molecular weight is 470 g/mol. The number of pyridine rings is 1. The van der Waals surface area contributed by atoms with E-state index in [9.17, 15) is 4.79 Å². The molecule has 0 aliphatic carbocycles. The Kier molecular flexibility index (Phi) is 6.07. The number of fused-ring (bicyclic) bond motifs is 1. The molecule has 0 radical (unpaired) electrons. The molecule has 1 aliphatic rings. The molecule has 3 N–H and O–H groups in total. The van der Waals surface area contributed by atoms with Crippen LogP contribution in [0.25, 0.3) is 22.2 Å². The van der Waals surface area contributed by atoms with Crippen LogP contribution in [-0.2, 0) is 4.79 Å². The Labute approximate surface area is 201 Å². The van der Waals surface area contributed by atoms with Crippen molar-refractivity contribution < 1.29 is 9.18 Å². The Bertz CT molecular complexity index is 1400. The number of hydrogen-bond donors (Lipinski definition) is 3. The molecule has 0 atom stereocenters. The SMILES string of the molecule is C=CC(=O)Nc1cccnc1-c1c(F)ccc2cnc(Nc3ccc(NC4CN(C)C4)cc3)nc12. The molecule has 8 nitrogen and oxygen atoms in total. The Morgan fingerprint density at radius 3 is 2.63 bits per heavy atom. The van der Waals surface area contributed by atoms with E-state index < -0.39 is 11.7 Å². The van der Waals surface area contributed by atoms with Crippen LogP contribution >= 0.6 is 0 Å². The number of amides is 1.